The SMILES string of the molecule is CC(=O)C1CC(=O)CC=C1F. The molecule has 1 aliphatic rings. The van der Waals surface area contributed by atoms with E-state index in [0.29, 0.717) is 0 Å². The third-order valence-corrected chi connectivity index (χ3v) is 1.78. The highest BCUT2D eigenvalue weighted by Gasteiger charge is 2.26. The maximum Gasteiger partial charge on any atom is 0.140 e. The average Bonchev–Trinajstić information content (AvgIpc) is 1.94. The van der Waals surface area contributed by atoms with E-state index in [1.807, 2.05) is 0 Å². The quantitative estimate of drug-likeness (QED) is 0.575. The average molecular weight is 156 g/mol. The molecule has 1 aliphatic carbocycles. The molecule has 0 heterocycles. The Bertz CT molecular complexity index is 230. The summed E-state index contributed by atoms with van der Waals surface area (Å²) in [6, 6.07) is 0. The van der Waals surface area contributed by atoms with Gasteiger partial charge in [-0.25, -0.2) is 4.39 Å². The van der Waals surface area contributed by atoms with Crippen LogP contribution in [0.1, 0.15) is 19.8 Å². The van der Waals surface area contributed by atoms with E-state index in [1.165, 1.54) is 13.0 Å². The van der Waals surface area contributed by atoms with E-state index in [4.69, 9.17) is 0 Å². The summed E-state index contributed by atoms with van der Waals surface area (Å²) in [4.78, 5) is 21.5. The molecule has 0 aromatic rings. The second-order valence-corrected chi connectivity index (χ2v) is 2.70. The lowest BCUT2D eigenvalue weighted by Gasteiger charge is -2.14. The minimum Gasteiger partial charge on any atom is -0.299 e. The van der Waals surface area contributed by atoms with Crippen LogP contribution in [0.2, 0.25) is 0 Å². The first-order valence-electron chi connectivity index (χ1n) is 3.49. The molecule has 0 aliphatic heterocycles. The molecular weight excluding hydrogens is 147 g/mol. The van der Waals surface area contributed by atoms with Crippen LogP contribution >= 0.6 is 0 Å². The maximum atomic E-state index is 12.8. The van der Waals surface area contributed by atoms with Gasteiger partial charge in [-0.05, 0) is 13.0 Å². The van der Waals surface area contributed by atoms with Crippen LogP contribution < -0.4 is 0 Å². The summed E-state index contributed by atoms with van der Waals surface area (Å²) < 4.78 is 12.8. The fourth-order valence-corrected chi connectivity index (χ4v) is 1.10. The second kappa shape index (κ2) is 2.95. The van der Waals surface area contributed by atoms with Gasteiger partial charge in [0, 0.05) is 12.8 Å². The molecule has 3 heteroatoms. The van der Waals surface area contributed by atoms with Crippen molar-refractivity contribution < 1.29 is 14.0 Å². The highest BCUT2D eigenvalue weighted by Crippen LogP contribution is 2.23. The summed E-state index contributed by atoms with van der Waals surface area (Å²) in [7, 11) is 0. The summed E-state index contributed by atoms with van der Waals surface area (Å²) in [6.07, 6.45) is 1.37. The second-order valence-electron chi connectivity index (χ2n) is 2.70. The van der Waals surface area contributed by atoms with Gasteiger partial charge in [0.2, 0.25) is 0 Å². The smallest absolute Gasteiger partial charge is 0.140 e. The summed E-state index contributed by atoms with van der Waals surface area (Å²) in [5.41, 5.74) is 0. The minimum atomic E-state index is -0.795. The molecule has 0 radical (unpaired) electrons. The van der Waals surface area contributed by atoms with Crippen molar-refractivity contribution in [1.29, 1.82) is 0 Å². The third-order valence-electron chi connectivity index (χ3n) is 1.78. The highest BCUT2D eigenvalue weighted by atomic mass is 19.1. The van der Waals surface area contributed by atoms with Crippen LogP contribution in [-0.4, -0.2) is 11.6 Å². The predicted octanol–water partition coefficient (Wildman–Crippen LogP) is 1.41. The zero-order chi connectivity index (χ0) is 8.43. The van der Waals surface area contributed by atoms with Gasteiger partial charge in [0.1, 0.15) is 17.4 Å². The van der Waals surface area contributed by atoms with Crippen LogP contribution in [0.15, 0.2) is 11.9 Å². The number of Topliss-reactive ketones (excluding diaryl/α,β-unsaturated/α-hetero) is 2. The zero-order valence-electron chi connectivity index (χ0n) is 6.26. The molecule has 0 aromatic heterocycles. The van der Waals surface area contributed by atoms with Gasteiger partial charge in [-0.3, -0.25) is 9.59 Å². The molecule has 1 rings (SSSR count). The van der Waals surface area contributed by atoms with Gasteiger partial charge in [-0.15, -0.1) is 0 Å². The minimum absolute atomic E-state index is 0.0394. The lowest BCUT2D eigenvalue weighted by Crippen LogP contribution is -2.19. The van der Waals surface area contributed by atoms with Crippen LogP contribution in [0.4, 0.5) is 4.39 Å². The summed E-state index contributed by atoms with van der Waals surface area (Å²) >= 11 is 0. The molecule has 0 amide bonds. The molecule has 0 saturated carbocycles. The van der Waals surface area contributed by atoms with E-state index in [0.717, 1.165) is 0 Å². The number of carbonyl (C=O) groups excluding carboxylic acids is 2. The van der Waals surface area contributed by atoms with Gasteiger partial charge < -0.3 is 0 Å². The van der Waals surface area contributed by atoms with Crippen molar-refractivity contribution in [2.75, 3.05) is 0 Å². The molecule has 0 saturated heterocycles. The van der Waals surface area contributed by atoms with E-state index in [2.05, 4.69) is 0 Å². The molecular formula is C8H9FO2. The fourth-order valence-electron chi connectivity index (χ4n) is 1.10. The van der Waals surface area contributed by atoms with E-state index in [1.54, 1.807) is 0 Å². The van der Waals surface area contributed by atoms with Crippen LogP contribution in [0.3, 0.4) is 0 Å². The molecule has 60 valence electrons. The Kier molecular flexibility index (Phi) is 2.17. The molecule has 1 atom stereocenters. The van der Waals surface area contributed by atoms with E-state index < -0.39 is 11.7 Å². The normalized spacial score (nSPS) is 24.7. The lowest BCUT2D eigenvalue weighted by atomic mass is 9.91. The zero-order valence-corrected chi connectivity index (χ0v) is 6.26. The first-order valence-corrected chi connectivity index (χ1v) is 3.49. The predicted molar refractivity (Wildman–Crippen MR) is 37.6 cm³/mol. The summed E-state index contributed by atoms with van der Waals surface area (Å²) in [6.45, 7) is 1.30. The van der Waals surface area contributed by atoms with Gasteiger partial charge in [0.15, 0.2) is 0 Å². The maximum absolute atomic E-state index is 12.8. The van der Waals surface area contributed by atoms with Crippen molar-refractivity contribution in [3.05, 3.63) is 11.9 Å². The molecule has 11 heavy (non-hydrogen) atoms. The monoisotopic (exact) mass is 156 g/mol. The topological polar surface area (TPSA) is 34.1 Å². The van der Waals surface area contributed by atoms with Crippen LogP contribution in [0, 0.1) is 5.92 Å². The number of rotatable bonds is 1. The Morgan fingerprint density at radius 1 is 1.73 bits per heavy atom. The Labute approximate surface area is 64.1 Å². The first kappa shape index (κ1) is 8.11. The van der Waals surface area contributed by atoms with Crippen LogP contribution in [0.25, 0.3) is 0 Å². The van der Waals surface area contributed by atoms with Crippen LogP contribution in [0.5, 0.6) is 0 Å². The number of ketones is 2. The van der Waals surface area contributed by atoms with Crippen molar-refractivity contribution in [3.63, 3.8) is 0 Å². The van der Waals surface area contributed by atoms with Gasteiger partial charge in [-0.2, -0.15) is 0 Å². The molecule has 2 nitrogen and oxygen atoms in total. The molecule has 0 bridgehead atoms. The molecule has 0 aromatic carbocycles. The van der Waals surface area contributed by atoms with Gasteiger partial charge in [0.05, 0.1) is 5.92 Å². The van der Waals surface area contributed by atoms with Crippen molar-refractivity contribution in [2.45, 2.75) is 19.8 Å². The molecule has 1 unspecified atom stereocenters. The number of allylic oxidation sites excluding steroid dienone is 2. The van der Waals surface area contributed by atoms with Crippen molar-refractivity contribution >= 4 is 11.6 Å². The molecule has 0 fully saturated rings. The van der Waals surface area contributed by atoms with Crippen molar-refractivity contribution in [2.24, 2.45) is 5.92 Å². The van der Waals surface area contributed by atoms with Gasteiger partial charge in [-0.1, -0.05) is 0 Å². The largest absolute Gasteiger partial charge is 0.299 e. The van der Waals surface area contributed by atoms with Crippen LogP contribution in [-0.2, 0) is 9.59 Å². The fraction of sp³-hybridized carbons (Fsp3) is 0.500. The summed E-state index contributed by atoms with van der Waals surface area (Å²) in [5.74, 6) is -1.58. The Morgan fingerprint density at radius 2 is 2.36 bits per heavy atom. The van der Waals surface area contributed by atoms with Crippen molar-refractivity contribution in [3.8, 4) is 0 Å². The number of hydrogen-bond donors (Lipinski definition) is 0. The Hall–Kier alpha value is -0.990. The van der Waals surface area contributed by atoms with E-state index >= 15 is 0 Å². The van der Waals surface area contributed by atoms with Gasteiger partial charge >= 0.3 is 0 Å². The lowest BCUT2D eigenvalue weighted by molar-refractivity contribution is -0.126. The number of hydrogen-bond acceptors (Lipinski definition) is 2. The Balaban J connectivity index is 2.79. The Morgan fingerprint density at radius 3 is 2.82 bits per heavy atom. The standard InChI is InChI=1S/C8H9FO2/c1-5(10)7-4-6(11)2-3-8(7)9/h3,7H,2,4H2,1H3. The number of carbonyl (C=O) groups is 2. The molecule has 0 spiro atoms. The van der Waals surface area contributed by atoms with E-state index in [-0.39, 0.29) is 24.4 Å². The summed E-state index contributed by atoms with van der Waals surface area (Å²) in [5, 5.41) is 0. The van der Waals surface area contributed by atoms with Crippen molar-refractivity contribution in [1.82, 2.24) is 0 Å². The molecule has 0 N–H and O–H groups in total. The highest BCUT2D eigenvalue weighted by molar-refractivity contribution is 5.90. The van der Waals surface area contributed by atoms with Gasteiger partial charge in [0.25, 0.3) is 0 Å². The first-order chi connectivity index (χ1) is 5.11. The van der Waals surface area contributed by atoms with E-state index in [9.17, 15) is 14.0 Å². The third kappa shape index (κ3) is 1.73. The number of halogens is 1.